The fraction of sp³-hybridized carbons (Fsp3) is 0.320. The van der Waals surface area contributed by atoms with Crippen molar-refractivity contribution in [1.82, 2.24) is 4.98 Å². The molecule has 0 bridgehead atoms. The first-order valence-electron chi connectivity index (χ1n) is 10.7. The van der Waals surface area contributed by atoms with Crippen LogP contribution >= 0.6 is 11.6 Å². The molecule has 0 N–H and O–H groups in total. The molecule has 1 aromatic heterocycles. The molecule has 2 aromatic carbocycles. The second kappa shape index (κ2) is 9.43. The van der Waals surface area contributed by atoms with Crippen LogP contribution in [0.5, 0.6) is 0 Å². The van der Waals surface area contributed by atoms with E-state index in [-0.39, 0.29) is 11.6 Å². The van der Waals surface area contributed by atoms with Crippen molar-refractivity contribution in [2.45, 2.75) is 50.2 Å². The predicted octanol–water partition coefficient (Wildman–Crippen LogP) is 8.14. The van der Waals surface area contributed by atoms with Gasteiger partial charge in [0.15, 0.2) is 0 Å². The van der Waals surface area contributed by atoms with Gasteiger partial charge in [0.25, 0.3) is 0 Å². The van der Waals surface area contributed by atoms with Gasteiger partial charge in [-0.15, -0.1) is 0 Å². The van der Waals surface area contributed by atoms with Crippen molar-refractivity contribution in [3.8, 4) is 0 Å². The van der Waals surface area contributed by atoms with Crippen LogP contribution in [0.3, 0.4) is 0 Å². The first-order chi connectivity index (χ1) is 16.3. The van der Waals surface area contributed by atoms with Gasteiger partial charge in [0.05, 0.1) is 34.9 Å². The summed E-state index contributed by atoms with van der Waals surface area (Å²) < 4.78 is 99.6. The SMILES string of the molecule is C[C@@H](O[C@H]1CCc2c(Cl)ccnc2[C@@H]1c1ccc(F)cc1)c1cc(C(F)(F)F)cc(C(F)(F)F)c1. The van der Waals surface area contributed by atoms with Crippen LogP contribution in [0, 0.1) is 5.82 Å². The third kappa shape index (κ3) is 5.46. The van der Waals surface area contributed by atoms with Crippen molar-refractivity contribution in [2.24, 2.45) is 0 Å². The topological polar surface area (TPSA) is 22.1 Å². The van der Waals surface area contributed by atoms with Crippen molar-refractivity contribution >= 4 is 11.6 Å². The summed E-state index contributed by atoms with van der Waals surface area (Å²) in [6, 6.07) is 8.66. The summed E-state index contributed by atoms with van der Waals surface area (Å²) in [6.07, 6.45) is -9.34. The van der Waals surface area contributed by atoms with Crippen molar-refractivity contribution in [3.63, 3.8) is 0 Å². The number of benzene rings is 2. The molecule has 0 aliphatic heterocycles. The highest BCUT2D eigenvalue weighted by molar-refractivity contribution is 6.31. The molecule has 0 spiro atoms. The van der Waals surface area contributed by atoms with E-state index in [9.17, 15) is 30.7 Å². The Labute approximate surface area is 201 Å². The molecule has 186 valence electrons. The number of alkyl halides is 6. The minimum atomic E-state index is -4.96. The normalized spacial score (nSPS) is 19.3. The third-order valence-corrected chi connectivity index (χ3v) is 6.42. The zero-order chi connectivity index (χ0) is 25.5. The molecule has 0 saturated carbocycles. The van der Waals surface area contributed by atoms with Crippen LogP contribution in [-0.4, -0.2) is 11.1 Å². The largest absolute Gasteiger partial charge is 0.416 e. The van der Waals surface area contributed by atoms with Crippen LogP contribution in [0.1, 0.15) is 58.9 Å². The van der Waals surface area contributed by atoms with Crippen molar-refractivity contribution in [3.05, 3.63) is 99.1 Å². The summed E-state index contributed by atoms with van der Waals surface area (Å²) in [4.78, 5) is 4.43. The third-order valence-electron chi connectivity index (χ3n) is 6.06. The second-order valence-electron chi connectivity index (χ2n) is 8.38. The fourth-order valence-corrected chi connectivity index (χ4v) is 4.62. The van der Waals surface area contributed by atoms with Crippen LogP contribution in [0.25, 0.3) is 0 Å². The van der Waals surface area contributed by atoms with E-state index in [1.807, 2.05) is 0 Å². The van der Waals surface area contributed by atoms with Crippen LogP contribution in [-0.2, 0) is 23.5 Å². The highest BCUT2D eigenvalue weighted by atomic mass is 35.5. The quantitative estimate of drug-likeness (QED) is 0.326. The first-order valence-corrected chi connectivity index (χ1v) is 11.1. The number of aromatic nitrogens is 1. The molecule has 0 unspecified atom stereocenters. The Morgan fingerprint density at radius 3 is 2.11 bits per heavy atom. The number of hydrogen-bond donors (Lipinski definition) is 0. The molecule has 0 amide bonds. The van der Waals surface area contributed by atoms with Crippen LogP contribution in [0.4, 0.5) is 30.7 Å². The molecular formula is C25H19ClF7NO. The summed E-state index contributed by atoms with van der Waals surface area (Å²) in [7, 11) is 0. The lowest BCUT2D eigenvalue weighted by atomic mass is 9.79. The summed E-state index contributed by atoms with van der Waals surface area (Å²) in [6.45, 7) is 1.40. The minimum Gasteiger partial charge on any atom is -0.370 e. The molecule has 0 saturated heterocycles. The average molecular weight is 518 g/mol. The van der Waals surface area contributed by atoms with E-state index in [0.717, 1.165) is 5.56 Å². The summed E-state index contributed by atoms with van der Waals surface area (Å²) in [5.74, 6) is -1.01. The zero-order valence-corrected chi connectivity index (χ0v) is 19.0. The Balaban J connectivity index is 1.72. The summed E-state index contributed by atoms with van der Waals surface area (Å²) in [5.41, 5.74) is -1.08. The van der Waals surface area contributed by atoms with E-state index in [2.05, 4.69) is 4.98 Å². The van der Waals surface area contributed by atoms with Gasteiger partial charge in [-0.25, -0.2) is 4.39 Å². The van der Waals surface area contributed by atoms with Gasteiger partial charge in [0.2, 0.25) is 0 Å². The van der Waals surface area contributed by atoms with Crippen molar-refractivity contribution < 1.29 is 35.5 Å². The van der Waals surface area contributed by atoms with E-state index in [0.29, 0.717) is 41.3 Å². The van der Waals surface area contributed by atoms with Gasteiger partial charge in [-0.2, -0.15) is 26.3 Å². The number of halogens is 8. The highest BCUT2D eigenvalue weighted by Crippen LogP contribution is 2.43. The zero-order valence-electron chi connectivity index (χ0n) is 18.2. The van der Waals surface area contributed by atoms with Gasteiger partial charge in [0, 0.05) is 11.2 Å². The minimum absolute atomic E-state index is 0.0836. The molecular weight excluding hydrogens is 499 g/mol. The van der Waals surface area contributed by atoms with Gasteiger partial charge in [-0.3, -0.25) is 4.98 Å². The summed E-state index contributed by atoms with van der Waals surface area (Å²) >= 11 is 6.34. The molecule has 2 nitrogen and oxygen atoms in total. The Kier molecular flexibility index (Phi) is 6.85. The maximum atomic E-state index is 13.6. The first kappa shape index (κ1) is 25.4. The Morgan fingerprint density at radius 1 is 0.943 bits per heavy atom. The average Bonchev–Trinajstić information content (AvgIpc) is 2.78. The smallest absolute Gasteiger partial charge is 0.370 e. The van der Waals surface area contributed by atoms with Gasteiger partial charge >= 0.3 is 12.4 Å². The molecule has 0 radical (unpaired) electrons. The predicted molar refractivity (Wildman–Crippen MR) is 116 cm³/mol. The number of fused-ring (bicyclic) bond motifs is 1. The van der Waals surface area contributed by atoms with Crippen molar-refractivity contribution in [2.75, 3.05) is 0 Å². The van der Waals surface area contributed by atoms with Gasteiger partial charge in [-0.1, -0.05) is 23.7 Å². The number of ether oxygens (including phenoxy) is 1. The molecule has 0 fully saturated rings. The lowest BCUT2D eigenvalue weighted by Crippen LogP contribution is -2.31. The lowest BCUT2D eigenvalue weighted by Gasteiger charge is -2.35. The summed E-state index contributed by atoms with van der Waals surface area (Å²) in [5, 5.41) is 0.487. The highest BCUT2D eigenvalue weighted by Gasteiger charge is 2.39. The van der Waals surface area contributed by atoms with Crippen molar-refractivity contribution in [1.29, 1.82) is 0 Å². The van der Waals surface area contributed by atoms with Crippen LogP contribution in [0.15, 0.2) is 54.7 Å². The maximum Gasteiger partial charge on any atom is 0.416 e. The molecule has 10 heteroatoms. The van der Waals surface area contributed by atoms with Gasteiger partial charge in [0.1, 0.15) is 5.82 Å². The standard InChI is InChI=1S/C25H19ClF7NO/c1-13(15-10-16(24(28,29)30)12-17(11-15)25(31,32)33)35-21-7-6-19-20(26)8-9-34-23(19)22(21)14-2-4-18(27)5-3-14/h2-5,8-13,21-22H,6-7H2,1H3/t13-,21+,22-/m1/s1. The molecule has 35 heavy (non-hydrogen) atoms. The molecule has 1 heterocycles. The molecule has 3 aromatic rings. The van der Waals surface area contributed by atoms with Crippen LogP contribution in [0.2, 0.25) is 5.02 Å². The monoisotopic (exact) mass is 517 g/mol. The van der Waals surface area contributed by atoms with E-state index in [1.165, 1.54) is 25.3 Å². The lowest BCUT2D eigenvalue weighted by molar-refractivity contribution is -0.143. The van der Waals surface area contributed by atoms with E-state index in [4.69, 9.17) is 16.3 Å². The molecule has 3 atom stereocenters. The number of nitrogens with zero attached hydrogens (tertiary/aromatic N) is 1. The second-order valence-corrected chi connectivity index (χ2v) is 8.79. The fourth-order valence-electron chi connectivity index (χ4n) is 4.37. The maximum absolute atomic E-state index is 13.6. The molecule has 1 aliphatic carbocycles. The molecule has 1 aliphatic rings. The van der Waals surface area contributed by atoms with Gasteiger partial charge in [-0.05, 0) is 72.9 Å². The Bertz CT molecular complexity index is 1180. The number of pyridine rings is 1. The Hall–Kier alpha value is -2.65. The number of hydrogen-bond acceptors (Lipinski definition) is 2. The number of rotatable bonds is 4. The van der Waals surface area contributed by atoms with E-state index < -0.39 is 47.4 Å². The van der Waals surface area contributed by atoms with E-state index >= 15 is 0 Å². The van der Waals surface area contributed by atoms with E-state index in [1.54, 1.807) is 18.2 Å². The van der Waals surface area contributed by atoms with Gasteiger partial charge < -0.3 is 4.74 Å². The Morgan fingerprint density at radius 2 is 1.54 bits per heavy atom. The van der Waals surface area contributed by atoms with Crippen LogP contribution < -0.4 is 0 Å². The molecule has 4 rings (SSSR count).